The highest BCUT2D eigenvalue weighted by Crippen LogP contribution is 2.27. The first kappa shape index (κ1) is 18.4. The number of allylic oxidation sites excluding steroid dienone is 1. The van der Waals surface area contributed by atoms with Crippen molar-refractivity contribution in [1.29, 1.82) is 0 Å². The highest BCUT2D eigenvalue weighted by molar-refractivity contribution is 14.1. The second-order valence-corrected chi connectivity index (χ2v) is 7.23. The molecule has 0 N–H and O–H groups in total. The fourth-order valence-electron chi connectivity index (χ4n) is 1.63. The van der Waals surface area contributed by atoms with Gasteiger partial charge in [-0.3, -0.25) is 4.18 Å². The van der Waals surface area contributed by atoms with Gasteiger partial charge in [0.05, 0.1) is 6.26 Å². The fourth-order valence-corrected chi connectivity index (χ4v) is 3.22. The van der Waals surface area contributed by atoms with Gasteiger partial charge in [-0.2, -0.15) is 21.6 Å². The normalized spacial score (nSPS) is 15.0. The maximum absolute atomic E-state index is 12.4. The van der Waals surface area contributed by atoms with Gasteiger partial charge < -0.3 is 0 Å². The van der Waals surface area contributed by atoms with E-state index >= 15 is 0 Å². The van der Waals surface area contributed by atoms with E-state index in [1.54, 1.807) is 12.1 Å². The first-order valence-corrected chi connectivity index (χ1v) is 8.83. The zero-order valence-corrected chi connectivity index (χ0v) is 14.1. The molecule has 0 radical (unpaired) electrons. The Morgan fingerprint density at radius 1 is 1.33 bits per heavy atom. The van der Waals surface area contributed by atoms with Crippen LogP contribution in [-0.2, 0) is 20.7 Å². The van der Waals surface area contributed by atoms with Gasteiger partial charge >= 0.3 is 6.18 Å². The van der Waals surface area contributed by atoms with Crippen LogP contribution in [0.2, 0.25) is 0 Å². The lowest BCUT2D eigenvalue weighted by atomic mass is 10.1. The van der Waals surface area contributed by atoms with Gasteiger partial charge in [0.15, 0.2) is 0 Å². The van der Waals surface area contributed by atoms with Gasteiger partial charge in [-0.1, -0.05) is 30.3 Å². The van der Waals surface area contributed by atoms with Gasteiger partial charge in [0.2, 0.25) is 0 Å². The maximum Gasteiger partial charge on any atom is 0.410 e. The molecule has 0 aliphatic carbocycles. The smallest absolute Gasteiger partial charge is 0.262 e. The Morgan fingerprint density at radius 2 is 1.90 bits per heavy atom. The molecule has 0 saturated heterocycles. The van der Waals surface area contributed by atoms with Crippen molar-refractivity contribution in [1.82, 2.24) is 0 Å². The lowest BCUT2D eigenvalue weighted by Gasteiger charge is -2.16. The number of hydrogen-bond acceptors (Lipinski definition) is 3. The van der Waals surface area contributed by atoms with Gasteiger partial charge in [0, 0.05) is 9.66 Å². The molecule has 118 valence electrons. The number of rotatable bonds is 6. The van der Waals surface area contributed by atoms with Crippen LogP contribution in [0, 0.1) is 0 Å². The second-order valence-electron chi connectivity index (χ2n) is 4.38. The molecule has 0 amide bonds. The van der Waals surface area contributed by atoms with Crippen LogP contribution in [0.15, 0.2) is 40.0 Å². The maximum atomic E-state index is 12.4. The first-order valence-electron chi connectivity index (χ1n) is 5.94. The fraction of sp³-hybridized carbons (Fsp3) is 0.385. The molecule has 0 aromatic heterocycles. The van der Waals surface area contributed by atoms with Crippen LogP contribution in [0.5, 0.6) is 0 Å². The molecule has 0 aliphatic rings. The summed E-state index contributed by atoms with van der Waals surface area (Å²) in [6.45, 7) is 0. The minimum absolute atomic E-state index is 0.0639. The van der Waals surface area contributed by atoms with Crippen LogP contribution in [0.4, 0.5) is 13.2 Å². The highest BCUT2D eigenvalue weighted by atomic mass is 127. The number of aryl methyl sites for hydroxylation is 1. The van der Waals surface area contributed by atoms with Crippen LogP contribution < -0.4 is 0 Å². The molecule has 0 heterocycles. The van der Waals surface area contributed by atoms with Gasteiger partial charge in [-0.15, -0.1) is 0 Å². The SMILES string of the molecule is CS(=O)(=O)OC(CCc1ccccc1)/C(I)=C/C(F)(F)F. The third-order valence-electron chi connectivity index (χ3n) is 2.44. The van der Waals surface area contributed by atoms with E-state index in [-0.39, 0.29) is 16.1 Å². The Kier molecular flexibility index (Phi) is 6.67. The molecule has 3 nitrogen and oxygen atoms in total. The average molecular weight is 434 g/mol. The molecular formula is C13H14F3IO3S. The molecule has 1 atom stereocenters. The van der Waals surface area contributed by atoms with Crippen LogP contribution in [-0.4, -0.2) is 27.0 Å². The van der Waals surface area contributed by atoms with E-state index in [9.17, 15) is 21.6 Å². The Labute approximate surface area is 135 Å². The standard InChI is InChI=1S/C13H14F3IO3S/c1-21(18,19)20-12(11(17)9-13(14,15)16)8-7-10-5-3-2-4-6-10/h2-6,9,12H,7-8H2,1H3/b11-9-. The van der Waals surface area contributed by atoms with E-state index in [4.69, 9.17) is 4.18 Å². The number of alkyl halides is 3. The molecule has 1 aromatic rings. The van der Waals surface area contributed by atoms with Crippen molar-refractivity contribution in [2.24, 2.45) is 0 Å². The summed E-state index contributed by atoms with van der Waals surface area (Å²) in [5.41, 5.74) is 0.899. The molecule has 1 rings (SSSR count). The van der Waals surface area contributed by atoms with Crippen molar-refractivity contribution < 1.29 is 25.8 Å². The van der Waals surface area contributed by atoms with Gasteiger partial charge in [0.1, 0.15) is 6.10 Å². The molecular weight excluding hydrogens is 420 g/mol. The van der Waals surface area contributed by atoms with Crippen LogP contribution in [0.3, 0.4) is 0 Å². The van der Waals surface area contributed by atoms with Crippen molar-refractivity contribution in [3.8, 4) is 0 Å². The summed E-state index contributed by atoms with van der Waals surface area (Å²) in [5, 5.41) is 0. The summed E-state index contributed by atoms with van der Waals surface area (Å²) < 4.78 is 64.1. The van der Waals surface area contributed by atoms with E-state index in [1.807, 2.05) is 18.2 Å². The molecule has 0 fully saturated rings. The molecule has 8 heteroatoms. The Morgan fingerprint density at radius 3 is 2.38 bits per heavy atom. The number of halogens is 4. The molecule has 0 bridgehead atoms. The summed E-state index contributed by atoms with van der Waals surface area (Å²) in [6, 6.07) is 9.06. The Balaban J connectivity index is 2.85. The quantitative estimate of drug-likeness (QED) is 0.505. The molecule has 0 aliphatic heterocycles. The van der Waals surface area contributed by atoms with Crippen molar-refractivity contribution in [2.75, 3.05) is 6.26 Å². The predicted molar refractivity (Wildman–Crippen MR) is 82.6 cm³/mol. The zero-order chi connectivity index (χ0) is 16.1. The summed E-state index contributed by atoms with van der Waals surface area (Å²) >= 11 is 1.46. The van der Waals surface area contributed by atoms with Crippen molar-refractivity contribution in [3.63, 3.8) is 0 Å². The molecule has 0 spiro atoms. The molecule has 1 aromatic carbocycles. The van der Waals surface area contributed by atoms with Gasteiger partial charge in [-0.05, 0) is 41.0 Å². The number of hydrogen-bond donors (Lipinski definition) is 0. The van der Waals surface area contributed by atoms with Gasteiger partial charge in [0.25, 0.3) is 10.1 Å². The monoisotopic (exact) mass is 434 g/mol. The minimum atomic E-state index is -4.51. The van der Waals surface area contributed by atoms with E-state index in [0.717, 1.165) is 11.8 Å². The minimum Gasteiger partial charge on any atom is -0.262 e. The lowest BCUT2D eigenvalue weighted by Crippen LogP contribution is -2.20. The van der Waals surface area contributed by atoms with E-state index in [2.05, 4.69) is 0 Å². The van der Waals surface area contributed by atoms with Crippen molar-refractivity contribution in [2.45, 2.75) is 25.1 Å². The van der Waals surface area contributed by atoms with E-state index < -0.39 is 22.4 Å². The molecule has 0 saturated carbocycles. The highest BCUT2D eigenvalue weighted by Gasteiger charge is 2.28. The lowest BCUT2D eigenvalue weighted by molar-refractivity contribution is -0.0806. The van der Waals surface area contributed by atoms with Crippen molar-refractivity contribution >= 4 is 32.7 Å². The molecule has 1 unspecified atom stereocenters. The summed E-state index contributed by atoms with van der Waals surface area (Å²) in [6.07, 6.45) is -4.21. The van der Waals surface area contributed by atoms with Crippen LogP contribution in [0.1, 0.15) is 12.0 Å². The summed E-state index contributed by atoms with van der Waals surface area (Å²) in [7, 11) is -3.84. The predicted octanol–water partition coefficient (Wildman–Crippen LogP) is 3.85. The second kappa shape index (κ2) is 7.59. The third kappa shape index (κ3) is 8.42. The van der Waals surface area contributed by atoms with E-state index in [0.29, 0.717) is 6.42 Å². The Hall–Kier alpha value is -0.610. The first-order chi connectivity index (χ1) is 9.57. The topological polar surface area (TPSA) is 43.4 Å². The zero-order valence-electron chi connectivity index (χ0n) is 11.1. The Bertz CT molecular complexity index is 582. The largest absolute Gasteiger partial charge is 0.410 e. The summed E-state index contributed by atoms with van der Waals surface area (Å²) in [4.78, 5) is 0. The van der Waals surface area contributed by atoms with Crippen LogP contribution >= 0.6 is 22.6 Å². The summed E-state index contributed by atoms with van der Waals surface area (Å²) in [5.74, 6) is 0. The van der Waals surface area contributed by atoms with Gasteiger partial charge in [-0.25, -0.2) is 0 Å². The van der Waals surface area contributed by atoms with Crippen molar-refractivity contribution in [3.05, 3.63) is 45.6 Å². The number of benzene rings is 1. The average Bonchev–Trinajstić information content (AvgIpc) is 2.32. The van der Waals surface area contributed by atoms with E-state index in [1.165, 1.54) is 22.6 Å². The van der Waals surface area contributed by atoms with Crippen LogP contribution in [0.25, 0.3) is 0 Å². The third-order valence-corrected chi connectivity index (χ3v) is 4.03. The molecule has 21 heavy (non-hydrogen) atoms.